The number of nitrogens with zero attached hydrogens (tertiary/aromatic N) is 4. The molecule has 1 unspecified atom stereocenters. The van der Waals surface area contributed by atoms with Gasteiger partial charge in [0.15, 0.2) is 0 Å². The lowest BCUT2D eigenvalue weighted by Crippen LogP contribution is -2.23. The normalized spacial score (nSPS) is 12.0. The standard InChI is InChI=1S/C17H16ClN5O2S/c1-10-3-4-12(18)9-15(10)19-16(25)11(2)26-17-20-21-22-23(17)13-5-7-14(24)8-6-13/h3-9,11,24H,1-2H3,(H,19,25). The summed E-state index contributed by atoms with van der Waals surface area (Å²) in [7, 11) is 0. The summed E-state index contributed by atoms with van der Waals surface area (Å²) < 4.78 is 1.51. The first-order valence-corrected chi connectivity index (χ1v) is 9.01. The van der Waals surface area contributed by atoms with Gasteiger partial charge in [-0.1, -0.05) is 29.4 Å². The molecule has 0 aliphatic rings. The number of tetrazole rings is 1. The van der Waals surface area contributed by atoms with Crippen LogP contribution in [0, 0.1) is 6.92 Å². The Bertz CT molecular complexity index is 929. The lowest BCUT2D eigenvalue weighted by Gasteiger charge is -2.13. The van der Waals surface area contributed by atoms with Crippen LogP contribution < -0.4 is 5.32 Å². The Balaban J connectivity index is 1.73. The predicted molar refractivity (Wildman–Crippen MR) is 101 cm³/mol. The van der Waals surface area contributed by atoms with Gasteiger partial charge in [0.1, 0.15) is 5.75 Å². The van der Waals surface area contributed by atoms with Gasteiger partial charge >= 0.3 is 0 Å². The van der Waals surface area contributed by atoms with Crippen LogP contribution >= 0.6 is 23.4 Å². The molecule has 1 amide bonds. The molecule has 7 nitrogen and oxygen atoms in total. The molecule has 1 heterocycles. The molecule has 2 aromatic carbocycles. The molecule has 1 atom stereocenters. The maximum Gasteiger partial charge on any atom is 0.237 e. The molecule has 0 radical (unpaired) electrons. The molecule has 0 aliphatic carbocycles. The fraction of sp³-hybridized carbons (Fsp3) is 0.176. The number of carbonyl (C=O) groups is 1. The number of amides is 1. The smallest absolute Gasteiger partial charge is 0.237 e. The van der Waals surface area contributed by atoms with Gasteiger partial charge in [0.05, 0.1) is 10.9 Å². The Morgan fingerprint density at radius 1 is 1.27 bits per heavy atom. The number of phenolic OH excluding ortho intramolecular Hbond substituents is 1. The Kier molecular flexibility index (Phi) is 5.43. The van der Waals surface area contributed by atoms with Crippen molar-refractivity contribution in [2.24, 2.45) is 0 Å². The summed E-state index contributed by atoms with van der Waals surface area (Å²) in [6.45, 7) is 3.67. The Hall–Kier alpha value is -2.58. The first kappa shape index (κ1) is 18.2. The van der Waals surface area contributed by atoms with Crippen LogP contribution in [-0.2, 0) is 4.79 Å². The summed E-state index contributed by atoms with van der Waals surface area (Å²) >= 11 is 7.22. The SMILES string of the molecule is Cc1ccc(Cl)cc1NC(=O)C(C)Sc1nnnn1-c1ccc(O)cc1. The zero-order chi connectivity index (χ0) is 18.7. The molecule has 3 rings (SSSR count). The highest BCUT2D eigenvalue weighted by Crippen LogP contribution is 2.26. The van der Waals surface area contributed by atoms with Crippen molar-refractivity contribution in [3.05, 3.63) is 53.1 Å². The molecule has 0 fully saturated rings. The number of halogens is 1. The number of anilines is 1. The van der Waals surface area contributed by atoms with E-state index >= 15 is 0 Å². The van der Waals surface area contributed by atoms with Crippen molar-refractivity contribution >= 4 is 35.0 Å². The number of phenols is 1. The van der Waals surface area contributed by atoms with Gasteiger partial charge in [0.25, 0.3) is 0 Å². The van der Waals surface area contributed by atoms with Crippen molar-refractivity contribution in [1.82, 2.24) is 20.2 Å². The van der Waals surface area contributed by atoms with E-state index in [9.17, 15) is 9.90 Å². The maximum atomic E-state index is 12.5. The fourth-order valence-corrected chi connectivity index (χ4v) is 3.16. The van der Waals surface area contributed by atoms with Gasteiger partial charge in [-0.15, -0.1) is 5.10 Å². The number of hydrogen-bond acceptors (Lipinski definition) is 6. The number of benzene rings is 2. The minimum Gasteiger partial charge on any atom is -0.508 e. The minimum absolute atomic E-state index is 0.153. The molecular formula is C17H16ClN5O2S. The van der Waals surface area contributed by atoms with Gasteiger partial charge in [-0.05, 0) is 66.2 Å². The van der Waals surface area contributed by atoms with Gasteiger partial charge < -0.3 is 10.4 Å². The molecule has 134 valence electrons. The molecule has 1 aromatic heterocycles. The molecule has 9 heteroatoms. The average molecular weight is 390 g/mol. The zero-order valence-corrected chi connectivity index (χ0v) is 15.6. The number of nitrogens with one attached hydrogen (secondary N) is 1. The van der Waals surface area contributed by atoms with Crippen LogP contribution in [0.25, 0.3) is 5.69 Å². The number of rotatable bonds is 5. The van der Waals surface area contributed by atoms with Gasteiger partial charge in [-0.3, -0.25) is 4.79 Å². The van der Waals surface area contributed by atoms with Crippen LogP contribution in [-0.4, -0.2) is 36.5 Å². The van der Waals surface area contributed by atoms with E-state index in [1.54, 1.807) is 43.3 Å². The molecule has 0 aliphatic heterocycles. The van der Waals surface area contributed by atoms with E-state index in [0.29, 0.717) is 21.6 Å². The summed E-state index contributed by atoms with van der Waals surface area (Å²) in [5.41, 5.74) is 2.29. The monoisotopic (exact) mass is 389 g/mol. The summed E-state index contributed by atoms with van der Waals surface area (Å²) in [6, 6.07) is 11.8. The average Bonchev–Trinajstić information content (AvgIpc) is 3.07. The number of aromatic hydroxyl groups is 1. The van der Waals surface area contributed by atoms with Crippen molar-refractivity contribution in [3.8, 4) is 11.4 Å². The first-order chi connectivity index (χ1) is 12.4. The Labute approximate surface area is 159 Å². The zero-order valence-electron chi connectivity index (χ0n) is 14.0. The van der Waals surface area contributed by atoms with Gasteiger partial charge in [0, 0.05) is 10.7 Å². The van der Waals surface area contributed by atoms with Gasteiger partial charge in [0.2, 0.25) is 11.1 Å². The second-order valence-corrected chi connectivity index (χ2v) is 7.34. The maximum absolute atomic E-state index is 12.5. The van der Waals surface area contributed by atoms with E-state index in [1.165, 1.54) is 16.4 Å². The number of aromatic nitrogens is 4. The lowest BCUT2D eigenvalue weighted by molar-refractivity contribution is -0.115. The largest absolute Gasteiger partial charge is 0.508 e. The van der Waals surface area contributed by atoms with Crippen LogP contribution in [0.2, 0.25) is 5.02 Å². The fourth-order valence-electron chi connectivity index (χ4n) is 2.18. The molecule has 0 spiro atoms. The molecule has 2 N–H and O–H groups in total. The molecule has 26 heavy (non-hydrogen) atoms. The molecule has 0 saturated carbocycles. The van der Waals surface area contributed by atoms with Crippen molar-refractivity contribution in [1.29, 1.82) is 0 Å². The van der Waals surface area contributed by atoms with Crippen molar-refractivity contribution in [2.45, 2.75) is 24.3 Å². The van der Waals surface area contributed by atoms with Crippen LogP contribution in [0.4, 0.5) is 5.69 Å². The van der Waals surface area contributed by atoms with Gasteiger partial charge in [-0.2, -0.15) is 4.68 Å². The Morgan fingerprint density at radius 3 is 2.73 bits per heavy atom. The highest BCUT2D eigenvalue weighted by atomic mass is 35.5. The van der Waals surface area contributed by atoms with Gasteiger partial charge in [-0.25, -0.2) is 0 Å². The minimum atomic E-state index is -0.435. The third-order valence-corrected chi connectivity index (χ3v) is 4.91. The van der Waals surface area contributed by atoms with Crippen LogP contribution in [0.3, 0.4) is 0 Å². The van der Waals surface area contributed by atoms with Crippen molar-refractivity contribution < 1.29 is 9.90 Å². The number of carbonyl (C=O) groups excluding carboxylic acids is 1. The molecule has 3 aromatic rings. The lowest BCUT2D eigenvalue weighted by atomic mass is 10.2. The van der Waals surface area contributed by atoms with Crippen LogP contribution in [0.5, 0.6) is 5.75 Å². The van der Waals surface area contributed by atoms with Crippen LogP contribution in [0.1, 0.15) is 12.5 Å². The Morgan fingerprint density at radius 2 is 2.00 bits per heavy atom. The summed E-state index contributed by atoms with van der Waals surface area (Å²) in [5.74, 6) is -0.0266. The van der Waals surface area contributed by atoms with E-state index in [1.807, 2.05) is 13.0 Å². The van der Waals surface area contributed by atoms with E-state index < -0.39 is 5.25 Å². The second-order valence-electron chi connectivity index (χ2n) is 5.60. The molecule has 0 saturated heterocycles. The van der Waals surface area contributed by atoms with E-state index in [0.717, 1.165) is 5.56 Å². The first-order valence-electron chi connectivity index (χ1n) is 7.75. The third-order valence-electron chi connectivity index (χ3n) is 3.64. The summed E-state index contributed by atoms with van der Waals surface area (Å²) in [4.78, 5) is 12.5. The van der Waals surface area contributed by atoms with E-state index in [4.69, 9.17) is 11.6 Å². The predicted octanol–water partition coefficient (Wildman–Crippen LogP) is 3.45. The third kappa shape index (κ3) is 4.14. The molecule has 0 bridgehead atoms. The topological polar surface area (TPSA) is 92.9 Å². The van der Waals surface area contributed by atoms with Crippen LogP contribution in [0.15, 0.2) is 47.6 Å². The number of thioether (sulfide) groups is 1. The van der Waals surface area contributed by atoms with Crippen molar-refractivity contribution in [2.75, 3.05) is 5.32 Å². The number of aryl methyl sites for hydroxylation is 1. The highest BCUT2D eigenvalue weighted by Gasteiger charge is 2.20. The number of hydrogen-bond donors (Lipinski definition) is 2. The summed E-state index contributed by atoms with van der Waals surface area (Å²) in [6.07, 6.45) is 0. The second kappa shape index (κ2) is 7.76. The summed E-state index contributed by atoms with van der Waals surface area (Å²) in [5, 5.41) is 24.5. The quantitative estimate of drug-likeness (QED) is 0.649. The van der Waals surface area contributed by atoms with Crippen molar-refractivity contribution in [3.63, 3.8) is 0 Å². The van der Waals surface area contributed by atoms with E-state index in [-0.39, 0.29) is 11.7 Å². The molecular weight excluding hydrogens is 374 g/mol. The van der Waals surface area contributed by atoms with E-state index in [2.05, 4.69) is 20.8 Å². The highest BCUT2D eigenvalue weighted by molar-refractivity contribution is 8.00.